The molecule has 2 heterocycles. The van der Waals surface area contributed by atoms with Gasteiger partial charge in [-0.05, 0) is 6.42 Å². The van der Waals surface area contributed by atoms with E-state index in [2.05, 4.69) is 20.5 Å². The third kappa shape index (κ3) is 2.44. The van der Waals surface area contributed by atoms with Gasteiger partial charge in [0.05, 0.1) is 11.4 Å². The highest BCUT2D eigenvalue weighted by Gasteiger charge is 2.17. The molecule has 0 atom stereocenters. The molecule has 1 amide bonds. The number of rotatable bonds is 4. The summed E-state index contributed by atoms with van der Waals surface area (Å²) in [5, 5.41) is 11.7. The Hall–Kier alpha value is -1.89. The molecule has 0 saturated heterocycles. The summed E-state index contributed by atoms with van der Waals surface area (Å²) in [6.45, 7) is 2.04. The number of H-pyrrole nitrogens is 1. The molecule has 0 unspecified atom stereocenters. The number of hydrogen-bond donors (Lipinski definition) is 3. The highest BCUT2D eigenvalue weighted by Crippen LogP contribution is 2.18. The van der Waals surface area contributed by atoms with Gasteiger partial charge < -0.3 is 5.73 Å². The van der Waals surface area contributed by atoms with Crippen molar-refractivity contribution in [3.63, 3.8) is 0 Å². The lowest BCUT2D eigenvalue weighted by atomic mass is 10.2. The van der Waals surface area contributed by atoms with Crippen LogP contribution in [0.15, 0.2) is 11.6 Å². The quantitative estimate of drug-likeness (QED) is 0.769. The van der Waals surface area contributed by atoms with Crippen molar-refractivity contribution >= 4 is 28.1 Å². The standard InChI is InChI=1S/C10H13N5OS/c1-2-3-6-7(11)8(15-14-6)9(16)13-10-12-4-5-17-10/h4-5H,2-3,11H2,1H3,(H,14,15)(H,12,13,16). The first-order chi connectivity index (χ1) is 8.22. The van der Waals surface area contributed by atoms with E-state index in [0.29, 0.717) is 10.8 Å². The summed E-state index contributed by atoms with van der Waals surface area (Å²) in [6, 6.07) is 0. The normalized spacial score (nSPS) is 10.4. The van der Waals surface area contributed by atoms with Gasteiger partial charge >= 0.3 is 0 Å². The van der Waals surface area contributed by atoms with Crippen molar-refractivity contribution in [2.75, 3.05) is 11.1 Å². The van der Waals surface area contributed by atoms with Crippen LogP contribution in [0, 0.1) is 0 Å². The van der Waals surface area contributed by atoms with Crippen molar-refractivity contribution in [3.8, 4) is 0 Å². The molecule has 2 rings (SSSR count). The Kier molecular flexibility index (Phi) is 3.38. The molecule has 0 aromatic carbocycles. The fourth-order valence-corrected chi connectivity index (χ4v) is 1.97. The maximum atomic E-state index is 11.8. The maximum absolute atomic E-state index is 11.8. The van der Waals surface area contributed by atoms with Crippen molar-refractivity contribution < 1.29 is 4.79 Å². The Morgan fingerprint density at radius 1 is 1.65 bits per heavy atom. The zero-order chi connectivity index (χ0) is 12.3. The number of aromatic amines is 1. The highest BCUT2D eigenvalue weighted by atomic mass is 32.1. The number of aryl methyl sites for hydroxylation is 1. The summed E-state index contributed by atoms with van der Waals surface area (Å²) >= 11 is 1.35. The first-order valence-corrected chi connectivity index (χ1v) is 6.14. The Morgan fingerprint density at radius 2 is 2.47 bits per heavy atom. The van der Waals surface area contributed by atoms with Gasteiger partial charge in [0.25, 0.3) is 5.91 Å². The van der Waals surface area contributed by atoms with Gasteiger partial charge in [0.1, 0.15) is 0 Å². The number of hydrogen-bond acceptors (Lipinski definition) is 5. The van der Waals surface area contributed by atoms with E-state index in [1.54, 1.807) is 11.6 Å². The average molecular weight is 251 g/mol. The number of carbonyl (C=O) groups excluding carboxylic acids is 1. The smallest absolute Gasteiger partial charge is 0.280 e. The summed E-state index contributed by atoms with van der Waals surface area (Å²) in [5.74, 6) is -0.337. The minimum Gasteiger partial charge on any atom is -0.395 e. The molecular weight excluding hydrogens is 238 g/mol. The third-order valence-corrected chi connectivity index (χ3v) is 2.94. The topological polar surface area (TPSA) is 96.7 Å². The van der Waals surface area contributed by atoms with Crippen LogP contribution in [0.25, 0.3) is 0 Å². The Bertz CT molecular complexity index is 505. The van der Waals surface area contributed by atoms with Crippen molar-refractivity contribution in [2.45, 2.75) is 19.8 Å². The molecule has 2 aromatic rings. The molecule has 6 nitrogen and oxygen atoms in total. The van der Waals surface area contributed by atoms with E-state index in [4.69, 9.17) is 5.73 Å². The molecular formula is C10H13N5OS. The van der Waals surface area contributed by atoms with Crippen molar-refractivity contribution in [1.82, 2.24) is 15.2 Å². The second-order valence-corrected chi connectivity index (χ2v) is 4.40. The van der Waals surface area contributed by atoms with Crippen LogP contribution in [0.4, 0.5) is 10.8 Å². The Balaban J connectivity index is 2.14. The SMILES string of the molecule is CCCc1[nH]nc(C(=O)Nc2nccs2)c1N. The predicted octanol–water partition coefficient (Wildman–Crippen LogP) is 1.65. The number of anilines is 2. The minimum atomic E-state index is -0.337. The first-order valence-electron chi connectivity index (χ1n) is 5.26. The molecule has 0 saturated carbocycles. The Morgan fingerprint density at radius 3 is 3.12 bits per heavy atom. The fourth-order valence-electron chi connectivity index (χ4n) is 1.44. The van der Waals surface area contributed by atoms with E-state index in [-0.39, 0.29) is 11.6 Å². The first kappa shape index (κ1) is 11.6. The van der Waals surface area contributed by atoms with Crippen LogP contribution in [0.1, 0.15) is 29.5 Å². The van der Waals surface area contributed by atoms with E-state index in [0.717, 1.165) is 18.5 Å². The average Bonchev–Trinajstić information content (AvgIpc) is 2.91. The zero-order valence-electron chi connectivity index (χ0n) is 9.36. The number of nitrogens with one attached hydrogen (secondary N) is 2. The van der Waals surface area contributed by atoms with Gasteiger partial charge in [0.15, 0.2) is 10.8 Å². The van der Waals surface area contributed by atoms with Gasteiger partial charge in [-0.15, -0.1) is 11.3 Å². The number of nitrogens with two attached hydrogens (primary N) is 1. The second-order valence-electron chi connectivity index (χ2n) is 3.51. The Labute approximate surface area is 102 Å². The molecule has 7 heteroatoms. The lowest BCUT2D eigenvalue weighted by Gasteiger charge is -1.99. The summed E-state index contributed by atoms with van der Waals surface area (Å²) < 4.78 is 0. The van der Waals surface area contributed by atoms with Crippen molar-refractivity contribution in [2.24, 2.45) is 0 Å². The van der Waals surface area contributed by atoms with Crippen LogP contribution >= 0.6 is 11.3 Å². The van der Waals surface area contributed by atoms with E-state index in [9.17, 15) is 4.79 Å². The number of nitrogen functional groups attached to an aromatic ring is 1. The van der Waals surface area contributed by atoms with Crippen LogP contribution in [0.2, 0.25) is 0 Å². The molecule has 17 heavy (non-hydrogen) atoms. The monoisotopic (exact) mass is 251 g/mol. The molecule has 2 aromatic heterocycles. The number of thiazole rings is 1. The molecule has 0 aliphatic carbocycles. The lowest BCUT2D eigenvalue weighted by molar-refractivity contribution is 0.102. The van der Waals surface area contributed by atoms with Crippen LogP contribution in [-0.2, 0) is 6.42 Å². The largest absolute Gasteiger partial charge is 0.395 e. The predicted molar refractivity (Wildman–Crippen MR) is 67.1 cm³/mol. The van der Waals surface area contributed by atoms with Gasteiger partial charge in [-0.1, -0.05) is 13.3 Å². The molecule has 0 radical (unpaired) electrons. The van der Waals surface area contributed by atoms with E-state index in [1.807, 2.05) is 6.92 Å². The lowest BCUT2D eigenvalue weighted by Crippen LogP contribution is -2.14. The molecule has 90 valence electrons. The van der Waals surface area contributed by atoms with E-state index in [1.165, 1.54) is 11.3 Å². The fraction of sp³-hybridized carbons (Fsp3) is 0.300. The van der Waals surface area contributed by atoms with Gasteiger partial charge in [-0.3, -0.25) is 15.2 Å². The maximum Gasteiger partial charge on any atom is 0.280 e. The number of amides is 1. The second kappa shape index (κ2) is 4.96. The van der Waals surface area contributed by atoms with E-state index >= 15 is 0 Å². The molecule has 0 spiro atoms. The molecule has 0 bridgehead atoms. The van der Waals surface area contributed by atoms with Gasteiger partial charge in [-0.2, -0.15) is 5.10 Å². The number of carbonyl (C=O) groups is 1. The summed E-state index contributed by atoms with van der Waals surface area (Å²) in [5.41, 5.74) is 7.29. The minimum absolute atomic E-state index is 0.226. The van der Waals surface area contributed by atoms with Crippen LogP contribution in [0.3, 0.4) is 0 Å². The number of nitrogens with zero attached hydrogens (tertiary/aromatic N) is 2. The summed E-state index contributed by atoms with van der Waals surface area (Å²) in [6.07, 6.45) is 3.35. The number of aromatic nitrogens is 3. The van der Waals surface area contributed by atoms with Crippen molar-refractivity contribution in [1.29, 1.82) is 0 Å². The van der Waals surface area contributed by atoms with Gasteiger partial charge in [0, 0.05) is 11.6 Å². The third-order valence-electron chi connectivity index (χ3n) is 2.25. The van der Waals surface area contributed by atoms with Gasteiger partial charge in [0.2, 0.25) is 0 Å². The molecule has 4 N–H and O–H groups in total. The van der Waals surface area contributed by atoms with Crippen LogP contribution in [-0.4, -0.2) is 21.1 Å². The molecule has 0 fully saturated rings. The van der Waals surface area contributed by atoms with Crippen LogP contribution < -0.4 is 11.1 Å². The summed E-state index contributed by atoms with van der Waals surface area (Å²) in [4.78, 5) is 15.8. The zero-order valence-corrected chi connectivity index (χ0v) is 10.2. The highest BCUT2D eigenvalue weighted by molar-refractivity contribution is 7.13. The molecule has 0 aliphatic rings. The van der Waals surface area contributed by atoms with Gasteiger partial charge in [-0.25, -0.2) is 4.98 Å². The van der Waals surface area contributed by atoms with Crippen molar-refractivity contribution in [3.05, 3.63) is 23.0 Å². The van der Waals surface area contributed by atoms with E-state index < -0.39 is 0 Å². The molecule has 0 aliphatic heterocycles. The summed E-state index contributed by atoms with van der Waals surface area (Å²) in [7, 11) is 0. The van der Waals surface area contributed by atoms with Crippen LogP contribution in [0.5, 0.6) is 0 Å².